The van der Waals surface area contributed by atoms with Crippen LogP contribution < -0.4 is 21.5 Å². The molecule has 1 rings (SSSR count). The molecule has 0 aliphatic rings. The third kappa shape index (κ3) is 11.8. The molecule has 4 atom stereocenters. The molecule has 0 spiro atoms. The molecule has 4 unspecified atom stereocenters. The molecule has 36 heavy (non-hydrogen) atoms. The standard InChI is InChI=1S/C27H49N3O4S2/c1-8-9-12-30-26(31)25(35)16-23(29)22(28)15-20(18(2)3)13-19-10-11-21(27(4,5)6)24(14-19)34-17-36(7,32)33/h10-11,14,18,20,22-23,25,35H,8-9,12-13,15-17,28-29H2,1-7H3,(H,30,31). The molecule has 1 aromatic carbocycles. The molecule has 0 aliphatic heterocycles. The minimum atomic E-state index is -3.27. The molecule has 0 aromatic heterocycles. The molecule has 0 heterocycles. The van der Waals surface area contributed by atoms with Crippen molar-refractivity contribution in [2.24, 2.45) is 23.3 Å². The Labute approximate surface area is 224 Å². The fraction of sp³-hybridized carbons (Fsp3) is 0.741. The number of benzene rings is 1. The smallest absolute Gasteiger partial charge is 0.232 e. The van der Waals surface area contributed by atoms with Gasteiger partial charge in [0.05, 0.1) is 5.25 Å². The second-order valence-electron chi connectivity index (χ2n) is 11.4. The van der Waals surface area contributed by atoms with Crippen LogP contribution >= 0.6 is 12.6 Å². The van der Waals surface area contributed by atoms with Crippen LogP contribution in [0.15, 0.2) is 18.2 Å². The first kappa shape index (κ1) is 32.7. The van der Waals surface area contributed by atoms with Crippen LogP contribution in [0.4, 0.5) is 0 Å². The number of hydrogen-bond donors (Lipinski definition) is 4. The largest absolute Gasteiger partial charge is 0.477 e. The zero-order chi connectivity index (χ0) is 27.7. The van der Waals surface area contributed by atoms with Crippen LogP contribution in [0.5, 0.6) is 5.75 Å². The van der Waals surface area contributed by atoms with E-state index in [0.29, 0.717) is 31.1 Å². The van der Waals surface area contributed by atoms with Crippen LogP contribution in [0.25, 0.3) is 0 Å². The van der Waals surface area contributed by atoms with Gasteiger partial charge in [0.2, 0.25) is 5.91 Å². The molecule has 1 amide bonds. The molecule has 7 nitrogen and oxygen atoms in total. The Morgan fingerprint density at radius 2 is 1.75 bits per heavy atom. The Morgan fingerprint density at radius 3 is 2.28 bits per heavy atom. The molecule has 1 aromatic rings. The van der Waals surface area contributed by atoms with E-state index < -0.39 is 15.1 Å². The molecule has 0 saturated heterocycles. The first-order valence-electron chi connectivity index (χ1n) is 13.0. The zero-order valence-electron chi connectivity index (χ0n) is 23.2. The van der Waals surface area contributed by atoms with Crippen molar-refractivity contribution < 1.29 is 17.9 Å². The van der Waals surface area contributed by atoms with Gasteiger partial charge in [-0.15, -0.1) is 0 Å². The monoisotopic (exact) mass is 543 g/mol. The summed E-state index contributed by atoms with van der Waals surface area (Å²) in [4.78, 5) is 12.3. The summed E-state index contributed by atoms with van der Waals surface area (Å²) in [6.45, 7) is 13.3. The van der Waals surface area contributed by atoms with Gasteiger partial charge in [0.15, 0.2) is 15.8 Å². The van der Waals surface area contributed by atoms with Gasteiger partial charge in [-0.25, -0.2) is 8.42 Å². The first-order valence-corrected chi connectivity index (χ1v) is 15.5. The number of carbonyl (C=O) groups excluding carboxylic acids is 1. The molecule has 5 N–H and O–H groups in total. The van der Waals surface area contributed by atoms with Crippen molar-refractivity contribution in [3.63, 3.8) is 0 Å². The van der Waals surface area contributed by atoms with Gasteiger partial charge in [-0.2, -0.15) is 12.6 Å². The van der Waals surface area contributed by atoms with E-state index in [1.54, 1.807) is 0 Å². The number of nitrogens with two attached hydrogens (primary N) is 2. The summed E-state index contributed by atoms with van der Waals surface area (Å²) < 4.78 is 29.2. The number of hydrogen-bond acceptors (Lipinski definition) is 7. The van der Waals surface area contributed by atoms with Crippen LogP contribution in [-0.2, 0) is 26.5 Å². The molecule has 0 saturated carbocycles. The maximum absolute atomic E-state index is 12.3. The molecule has 0 fully saturated rings. The molecular weight excluding hydrogens is 494 g/mol. The highest BCUT2D eigenvalue weighted by Crippen LogP contribution is 2.34. The highest BCUT2D eigenvalue weighted by atomic mass is 32.2. The molecule has 208 valence electrons. The van der Waals surface area contributed by atoms with Crippen molar-refractivity contribution in [1.82, 2.24) is 5.32 Å². The van der Waals surface area contributed by atoms with Crippen molar-refractivity contribution in [2.75, 3.05) is 18.7 Å². The number of rotatable bonds is 15. The van der Waals surface area contributed by atoms with Gasteiger partial charge < -0.3 is 21.5 Å². The second-order valence-corrected chi connectivity index (χ2v) is 14.1. The molecule has 0 aliphatic carbocycles. The molecular formula is C27H49N3O4S2. The van der Waals surface area contributed by atoms with E-state index in [9.17, 15) is 13.2 Å². The van der Waals surface area contributed by atoms with E-state index in [4.69, 9.17) is 16.2 Å². The number of nitrogens with one attached hydrogen (secondary N) is 1. The summed E-state index contributed by atoms with van der Waals surface area (Å²) in [5, 5.41) is 2.41. The first-order chi connectivity index (χ1) is 16.5. The third-order valence-corrected chi connectivity index (χ3v) is 7.47. The summed E-state index contributed by atoms with van der Waals surface area (Å²) >= 11 is 4.45. The fourth-order valence-electron chi connectivity index (χ4n) is 4.07. The Hall–Kier alpha value is -1.29. The van der Waals surface area contributed by atoms with Gasteiger partial charge in [0.25, 0.3) is 0 Å². The van der Waals surface area contributed by atoms with Crippen molar-refractivity contribution in [2.45, 2.75) is 96.4 Å². The topological polar surface area (TPSA) is 125 Å². The van der Waals surface area contributed by atoms with E-state index in [-0.39, 0.29) is 35.3 Å². The highest BCUT2D eigenvalue weighted by Gasteiger charge is 2.26. The van der Waals surface area contributed by atoms with Gasteiger partial charge in [0, 0.05) is 24.9 Å². The predicted octanol–water partition coefficient (Wildman–Crippen LogP) is 3.83. The summed E-state index contributed by atoms with van der Waals surface area (Å²) in [7, 11) is -3.27. The minimum absolute atomic E-state index is 0.101. The molecule has 0 bridgehead atoms. The second kappa shape index (κ2) is 14.6. The lowest BCUT2D eigenvalue weighted by Crippen LogP contribution is -2.46. The Morgan fingerprint density at radius 1 is 1.14 bits per heavy atom. The van der Waals surface area contributed by atoms with Crippen LogP contribution in [0.2, 0.25) is 0 Å². The lowest BCUT2D eigenvalue weighted by Gasteiger charge is -2.29. The van der Waals surface area contributed by atoms with E-state index in [1.165, 1.54) is 0 Å². The quantitative estimate of drug-likeness (QED) is 0.197. The number of thiol groups is 1. The number of ether oxygens (including phenoxy) is 1. The summed E-state index contributed by atoms with van der Waals surface area (Å²) in [5.74, 6) is 0.751. The Bertz CT molecular complexity index is 929. The summed E-state index contributed by atoms with van der Waals surface area (Å²) in [6, 6.07) is 5.45. The Balaban J connectivity index is 2.93. The number of amides is 1. The predicted molar refractivity (Wildman–Crippen MR) is 153 cm³/mol. The van der Waals surface area contributed by atoms with Crippen LogP contribution in [-0.4, -0.2) is 50.4 Å². The van der Waals surface area contributed by atoms with Gasteiger partial charge in [-0.05, 0) is 60.1 Å². The average Bonchev–Trinajstić information content (AvgIpc) is 2.75. The molecule has 9 heteroatoms. The van der Waals surface area contributed by atoms with E-state index >= 15 is 0 Å². The summed E-state index contributed by atoms with van der Waals surface area (Å²) in [5.41, 5.74) is 14.7. The maximum atomic E-state index is 12.3. The van der Waals surface area contributed by atoms with Crippen LogP contribution in [0.3, 0.4) is 0 Å². The van der Waals surface area contributed by atoms with Gasteiger partial charge >= 0.3 is 0 Å². The number of unbranched alkanes of at least 4 members (excludes halogenated alkanes) is 1. The maximum Gasteiger partial charge on any atom is 0.232 e. The van der Waals surface area contributed by atoms with Crippen molar-refractivity contribution in [3.8, 4) is 5.75 Å². The molecule has 0 radical (unpaired) electrons. The van der Waals surface area contributed by atoms with Gasteiger partial charge in [-0.1, -0.05) is 60.1 Å². The number of sulfone groups is 1. The van der Waals surface area contributed by atoms with Crippen LogP contribution in [0, 0.1) is 11.8 Å². The zero-order valence-corrected chi connectivity index (χ0v) is 24.9. The SMILES string of the molecule is CCCCNC(=O)C(S)CC(N)C(N)CC(Cc1ccc(C(C)(C)C)c(OCS(C)(=O)=O)c1)C(C)C. The number of carbonyl (C=O) groups is 1. The normalized spacial score (nSPS) is 15.9. The average molecular weight is 544 g/mol. The van der Waals surface area contributed by atoms with Gasteiger partial charge in [0.1, 0.15) is 5.75 Å². The fourth-order valence-corrected chi connectivity index (χ4v) is 4.74. The van der Waals surface area contributed by atoms with Crippen molar-refractivity contribution in [1.29, 1.82) is 0 Å². The van der Waals surface area contributed by atoms with E-state index in [0.717, 1.165) is 36.6 Å². The van der Waals surface area contributed by atoms with E-state index in [1.807, 2.05) is 12.1 Å². The Kier molecular flexibility index (Phi) is 13.3. The summed E-state index contributed by atoms with van der Waals surface area (Å²) in [6.07, 6.45) is 5.00. The van der Waals surface area contributed by atoms with Crippen molar-refractivity contribution in [3.05, 3.63) is 29.3 Å². The highest BCUT2D eigenvalue weighted by molar-refractivity contribution is 7.90. The van der Waals surface area contributed by atoms with Crippen LogP contribution in [0.1, 0.15) is 78.4 Å². The lowest BCUT2D eigenvalue weighted by molar-refractivity contribution is -0.120. The third-order valence-electron chi connectivity index (χ3n) is 6.48. The van der Waals surface area contributed by atoms with Crippen molar-refractivity contribution >= 4 is 28.4 Å². The van der Waals surface area contributed by atoms with E-state index in [2.05, 4.69) is 65.6 Å². The lowest BCUT2D eigenvalue weighted by atomic mass is 9.81. The minimum Gasteiger partial charge on any atom is -0.477 e. The van der Waals surface area contributed by atoms with Gasteiger partial charge in [-0.3, -0.25) is 4.79 Å².